The second-order valence-corrected chi connectivity index (χ2v) is 4.80. The number of hydrogen-bond donors (Lipinski definition) is 3. The van der Waals surface area contributed by atoms with Gasteiger partial charge in [0.2, 0.25) is 5.91 Å². The van der Waals surface area contributed by atoms with Crippen LogP contribution in [-0.2, 0) is 14.4 Å². The van der Waals surface area contributed by atoms with Gasteiger partial charge in [-0.15, -0.1) is 12.4 Å². The SMILES string of the molecule is CN(C)C(=O)[C@@H](N)CNC(=O)C(=O)Nc1ccc(Cl)cn1.Cl. The van der Waals surface area contributed by atoms with Gasteiger partial charge in [-0.05, 0) is 12.1 Å². The average Bonchev–Trinajstić information content (AvgIpc) is 2.45. The second kappa shape index (κ2) is 9.19. The summed E-state index contributed by atoms with van der Waals surface area (Å²) in [5, 5.41) is 4.97. The van der Waals surface area contributed by atoms with Crippen LogP contribution in [0.3, 0.4) is 0 Å². The van der Waals surface area contributed by atoms with E-state index in [0.717, 1.165) is 0 Å². The lowest BCUT2D eigenvalue weighted by atomic mass is 10.3. The van der Waals surface area contributed by atoms with Crippen molar-refractivity contribution in [3.05, 3.63) is 23.4 Å². The number of hydrogen-bond acceptors (Lipinski definition) is 5. The molecule has 22 heavy (non-hydrogen) atoms. The number of aromatic nitrogens is 1. The van der Waals surface area contributed by atoms with Crippen LogP contribution in [0, 0.1) is 0 Å². The monoisotopic (exact) mass is 349 g/mol. The Bertz CT molecular complexity index is 536. The third-order valence-corrected chi connectivity index (χ3v) is 2.64. The molecule has 1 atom stereocenters. The number of likely N-dealkylation sites (N-methyl/N-ethyl adjacent to an activating group) is 1. The summed E-state index contributed by atoms with van der Waals surface area (Å²) in [4.78, 5) is 39.7. The Labute approximate surface area is 138 Å². The highest BCUT2D eigenvalue weighted by Gasteiger charge is 2.19. The molecule has 0 aliphatic carbocycles. The number of halogens is 2. The molecule has 0 saturated carbocycles. The highest BCUT2D eigenvalue weighted by atomic mass is 35.5. The van der Waals surface area contributed by atoms with Gasteiger partial charge in [0.05, 0.1) is 5.02 Å². The molecular weight excluding hydrogens is 333 g/mol. The van der Waals surface area contributed by atoms with E-state index in [0.29, 0.717) is 5.02 Å². The van der Waals surface area contributed by atoms with E-state index in [1.54, 1.807) is 14.1 Å². The number of rotatable bonds is 4. The van der Waals surface area contributed by atoms with Crippen LogP contribution < -0.4 is 16.4 Å². The second-order valence-electron chi connectivity index (χ2n) is 4.36. The topological polar surface area (TPSA) is 117 Å². The summed E-state index contributed by atoms with van der Waals surface area (Å²) in [6.45, 7) is -0.142. The van der Waals surface area contributed by atoms with E-state index < -0.39 is 17.9 Å². The zero-order valence-electron chi connectivity index (χ0n) is 12.0. The van der Waals surface area contributed by atoms with Gasteiger partial charge in [-0.3, -0.25) is 14.4 Å². The van der Waals surface area contributed by atoms with Crippen molar-refractivity contribution in [3.8, 4) is 0 Å². The van der Waals surface area contributed by atoms with Crippen LogP contribution in [0.4, 0.5) is 5.82 Å². The van der Waals surface area contributed by atoms with Gasteiger partial charge in [0.25, 0.3) is 0 Å². The quantitative estimate of drug-likeness (QED) is 0.641. The highest BCUT2D eigenvalue weighted by Crippen LogP contribution is 2.09. The molecular formula is C12H17Cl2N5O3. The van der Waals surface area contributed by atoms with Crippen molar-refractivity contribution in [2.45, 2.75) is 6.04 Å². The molecule has 4 N–H and O–H groups in total. The van der Waals surface area contributed by atoms with Crippen molar-refractivity contribution in [2.75, 3.05) is 26.0 Å². The summed E-state index contributed by atoms with van der Waals surface area (Å²) in [6.07, 6.45) is 1.33. The van der Waals surface area contributed by atoms with Gasteiger partial charge in [-0.25, -0.2) is 4.98 Å². The first-order chi connectivity index (χ1) is 9.81. The van der Waals surface area contributed by atoms with E-state index in [9.17, 15) is 14.4 Å². The molecule has 0 radical (unpaired) electrons. The molecule has 3 amide bonds. The standard InChI is InChI=1S/C12H16ClN5O3.ClH/c1-18(2)12(21)8(14)6-16-10(19)11(20)17-9-4-3-7(13)5-15-9;/h3-5,8H,6,14H2,1-2H3,(H,16,19)(H,15,17,20);1H/t8-;/m0./s1. The van der Waals surface area contributed by atoms with E-state index in [2.05, 4.69) is 15.6 Å². The van der Waals surface area contributed by atoms with E-state index in [-0.39, 0.29) is 30.7 Å². The molecule has 1 rings (SSSR count). The summed E-state index contributed by atoms with van der Waals surface area (Å²) >= 11 is 5.65. The van der Waals surface area contributed by atoms with Gasteiger partial charge in [-0.2, -0.15) is 0 Å². The molecule has 10 heteroatoms. The van der Waals surface area contributed by atoms with Crippen molar-refractivity contribution in [1.82, 2.24) is 15.2 Å². The van der Waals surface area contributed by atoms with E-state index in [1.165, 1.54) is 23.2 Å². The summed E-state index contributed by atoms with van der Waals surface area (Å²) in [5.41, 5.74) is 5.57. The minimum absolute atomic E-state index is 0. The lowest BCUT2D eigenvalue weighted by Gasteiger charge is -2.16. The van der Waals surface area contributed by atoms with Crippen LogP contribution in [0.15, 0.2) is 18.3 Å². The molecule has 0 unspecified atom stereocenters. The summed E-state index contributed by atoms with van der Waals surface area (Å²) in [7, 11) is 3.09. The van der Waals surface area contributed by atoms with Gasteiger partial charge in [0.15, 0.2) is 0 Å². The molecule has 0 aliphatic heterocycles. The van der Waals surface area contributed by atoms with E-state index in [4.69, 9.17) is 17.3 Å². The Balaban J connectivity index is 0.00000441. The normalized spacial score (nSPS) is 10.9. The van der Waals surface area contributed by atoms with Crippen LogP contribution >= 0.6 is 24.0 Å². The number of nitrogens with two attached hydrogens (primary N) is 1. The number of anilines is 1. The van der Waals surface area contributed by atoms with Gasteiger partial charge >= 0.3 is 11.8 Å². The first kappa shape index (κ1) is 20.1. The first-order valence-corrected chi connectivity index (χ1v) is 6.36. The van der Waals surface area contributed by atoms with Gasteiger partial charge in [-0.1, -0.05) is 11.6 Å². The van der Waals surface area contributed by atoms with Crippen LogP contribution in [0.5, 0.6) is 0 Å². The summed E-state index contributed by atoms with van der Waals surface area (Å²) in [5.74, 6) is -1.98. The number of pyridine rings is 1. The molecule has 0 aliphatic rings. The molecule has 0 fully saturated rings. The number of carbonyl (C=O) groups is 3. The Morgan fingerprint density at radius 1 is 1.32 bits per heavy atom. The lowest BCUT2D eigenvalue weighted by Crippen LogP contribution is -2.49. The number of amides is 3. The average molecular weight is 350 g/mol. The summed E-state index contributed by atoms with van der Waals surface area (Å²) in [6, 6.07) is 2.06. The predicted molar refractivity (Wildman–Crippen MR) is 84.8 cm³/mol. The van der Waals surface area contributed by atoms with Crippen molar-refractivity contribution >= 4 is 47.5 Å². The molecule has 1 aromatic heterocycles. The zero-order chi connectivity index (χ0) is 16.0. The third kappa shape index (κ3) is 6.25. The van der Waals surface area contributed by atoms with Crippen molar-refractivity contribution in [2.24, 2.45) is 5.73 Å². The minimum Gasteiger partial charge on any atom is -0.347 e. The molecule has 0 aromatic carbocycles. The third-order valence-electron chi connectivity index (χ3n) is 2.42. The van der Waals surface area contributed by atoms with E-state index in [1.807, 2.05) is 0 Å². The Kier molecular flexibility index (Phi) is 8.39. The molecule has 8 nitrogen and oxygen atoms in total. The Morgan fingerprint density at radius 2 is 1.95 bits per heavy atom. The molecule has 1 aromatic rings. The maximum atomic E-state index is 11.6. The maximum Gasteiger partial charge on any atom is 0.314 e. The lowest BCUT2D eigenvalue weighted by molar-refractivity contribution is -0.136. The predicted octanol–water partition coefficient (Wildman–Crippen LogP) is -0.373. The molecule has 122 valence electrons. The van der Waals surface area contributed by atoms with Gasteiger partial charge in [0, 0.05) is 26.8 Å². The molecule has 0 bridgehead atoms. The van der Waals surface area contributed by atoms with Gasteiger partial charge in [0.1, 0.15) is 11.9 Å². The molecule has 0 saturated heterocycles. The van der Waals surface area contributed by atoms with Crippen LogP contribution in [-0.4, -0.2) is 54.3 Å². The number of nitrogens with zero attached hydrogens (tertiary/aromatic N) is 2. The number of nitrogens with one attached hydrogen (secondary N) is 2. The fourth-order valence-corrected chi connectivity index (χ4v) is 1.44. The zero-order valence-corrected chi connectivity index (χ0v) is 13.6. The van der Waals surface area contributed by atoms with Gasteiger partial charge < -0.3 is 21.3 Å². The van der Waals surface area contributed by atoms with E-state index >= 15 is 0 Å². The van der Waals surface area contributed by atoms with Crippen LogP contribution in [0.1, 0.15) is 0 Å². The smallest absolute Gasteiger partial charge is 0.314 e. The van der Waals surface area contributed by atoms with Crippen molar-refractivity contribution < 1.29 is 14.4 Å². The summed E-state index contributed by atoms with van der Waals surface area (Å²) < 4.78 is 0. The minimum atomic E-state index is -0.912. The fraction of sp³-hybridized carbons (Fsp3) is 0.333. The highest BCUT2D eigenvalue weighted by molar-refractivity contribution is 6.39. The maximum absolute atomic E-state index is 11.6. The van der Waals surface area contributed by atoms with Crippen molar-refractivity contribution in [3.63, 3.8) is 0 Å². The Hall–Kier alpha value is -1.90. The molecule has 1 heterocycles. The molecule has 0 spiro atoms. The van der Waals surface area contributed by atoms with Crippen LogP contribution in [0.2, 0.25) is 5.02 Å². The largest absolute Gasteiger partial charge is 0.347 e. The van der Waals surface area contributed by atoms with Crippen LogP contribution in [0.25, 0.3) is 0 Å². The number of carbonyl (C=O) groups excluding carboxylic acids is 3. The Morgan fingerprint density at radius 3 is 2.45 bits per heavy atom. The fourth-order valence-electron chi connectivity index (χ4n) is 1.32. The first-order valence-electron chi connectivity index (χ1n) is 5.98. The van der Waals surface area contributed by atoms with Crippen molar-refractivity contribution in [1.29, 1.82) is 0 Å².